The zero-order valence-electron chi connectivity index (χ0n) is 15.8. The number of guanidine groups is 1. The first-order valence-electron chi connectivity index (χ1n) is 8.47. The quantitative estimate of drug-likeness (QED) is 0.361. The lowest BCUT2D eigenvalue weighted by Gasteiger charge is -2.39. The summed E-state index contributed by atoms with van der Waals surface area (Å²) < 4.78 is 26.4. The molecule has 9 heteroatoms. The van der Waals surface area contributed by atoms with Gasteiger partial charge in [-0.15, -0.1) is 24.0 Å². The Kier molecular flexibility index (Phi) is 9.17. The van der Waals surface area contributed by atoms with Crippen molar-refractivity contribution in [1.82, 2.24) is 14.9 Å². The van der Waals surface area contributed by atoms with Crippen LogP contribution in [0.1, 0.15) is 26.3 Å². The average molecular weight is 512 g/mol. The maximum Gasteiger partial charge on any atom is 0.240 e. The Hall–Kier alpha value is -0.520. The number of thioether (sulfide) groups is 1. The van der Waals surface area contributed by atoms with E-state index in [-0.39, 0.29) is 33.6 Å². The minimum Gasteiger partial charge on any atom is -0.357 e. The number of hydrogen-bond acceptors (Lipinski definition) is 4. The van der Waals surface area contributed by atoms with E-state index in [2.05, 4.69) is 35.7 Å². The second-order valence-corrected chi connectivity index (χ2v) is 10.2. The molecule has 0 radical (unpaired) electrons. The van der Waals surface area contributed by atoms with Gasteiger partial charge < -0.3 is 10.2 Å². The molecule has 2 rings (SSSR count). The zero-order chi connectivity index (χ0) is 18.5. The Morgan fingerprint density at radius 3 is 2.73 bits per heavy atom. The van der Waals surface area contributed by atoms with Crippen LogP contribution in [0.3, 0.4) is 0 Å². The van der Waals surface area contributed by atoms with Gasteiger partial charge in [-0.2, -0.15) is 11.8 Å². The third-order valence-corrected chi connectivity index (χ3v) is 6.66. The Labute approximate surface area is 178 Å². The molecule has 26 heavy (non-hydrogen) atoms. The van der Waals surface area contributed by atoms with E-state index in [9.17, 15) is 8.42 Å². The van der Waals surface area contributed by atoms with Crippen molar-refractivity contribution in [3.63, 3.8) is 0 Å². The third kappa shape index (κ3) is 6.58. The zero-order valence-corrected chi connectivity index (χ0v) is 19.7. The van der Waals surface area contributed by atoms with E-state index in [1.807, 2.05) is 17.8 Å². The van der Waals surface area contributed by atoms with Crippen molar-refractivity contribution in [3.8, 4) is 0 Å². The van der Waals surface area contributed by atoms with E-state index in [1.165, 1.54) is 7.05 Å². The van der Waals surface area contributed by atoms with Gasteiger partial charge in [0.25, 0.3) is 0 Å². The highest BCUT2D eigenvalue weighted by Crippen LogP contribution is 2.29. The largest absolute Gasteiger partial charge is 0.357 e. The minimum absolute atomic E-state index is 0. The first-order chi connectivity index (χ1) is 11.8. The Morgan fingerprint density at radius 2 is 2.12 bits per heavy atom. The third-order valence-electron chi connectivity index (χ3n) is 3.95. The van der Waals surface area contributed by atoms with Gasteiger partial charge in [0, 0.05) is 30.1 Å². The number of halogens is 1. The van der Waals surface area contributed by atoms with Crippen molar-refractivity contribution in [2.75, 3.05) is 32.4 Å². The van der Waals surface area contributed by atoms with Crippen molar-refractivity contribution in [1.29, 1.82) is 0 Å². The molecule has 0 bridgehead atoms. The van der Waals surface area contributed by atoms with Gasteiger partial charge >= 0.3 is 0 Å². The summed E-state index contributed by atoms with van der Waals surface area (Å²) in [5.41, 5.74) is 0.873. The van der Waals surface area contributed by atoms with Crippen molar-refractivity contribution in [3.05, 3.63) is 29.8 Å². The summed E-state index contributed by atoms with van der Waals surface area (Å²) in [5, 5.41) is 3.35. The molecule has 0 atom stereocenters. The Morgan fingerprint density at radius 1 is 1.38 bits per heavy atom. The van der Waals surface area contributed by atoms with Gasteiger partial charge in [0.2, 0.25) is 10.0 Å². The van der Waals surface area contributed by atoms with Crippen LogP contribution in [0.15, 0.2) is 34.2 Å². The summed E-state index contributed by atoms with van der Waals surface area (Å²) in [6.07, 6.45) is 0. The highest BCUT2D eigenvalue weighted by molar-refractivity contribution is 14.0. The van der Waals surface area contributed by atoms with Crippen LogP contribution >= 0.6 is 35.7 Å². The Balaban J connectivity index is 0.00000338. The number of nitrogens with one attached hydrogen (secondary N) is 2. The van der Waals surface area contributed by atoms with E-state index in [0.717, 1.165) is 36.9 Å². The Bertz CT molecular complexity index is 723. The number of aliphatic imine (C=N–C) groups is 1. The SMILES string of the molecule is CCNC(=NCc1cccc(S(=O)(=O)NC)c1)N1CCSC(C)(C)C1.I. The number of hydrogen-bond donors (Lipinski definition) is 2. The molecule has 0 unspecified atom stereocenters. The molecule has 2 N–H and O–H groups in total. The molecule has 1 saturated heterocycles. The normalized spacial score (nSPS) is 17.5. The molecule has 0 amide bonds. The van der Waals surface area contributed by atoms with Crippen LogP contribution in [0.2, 0.25) is 0 Å². The molecule has 0 spiro atoms. The van der Waals surface area contributed by atoms with E-state index < -0.39 is 10.0 Å². The lowest BCUT2D eigenvalue weighted by molar-refractivity contribution is 0.376. The van der Waals surface area contributed by atoms with Crippen molar-refractivity contribution < 1.29 is 8.42 Å². The molecular formula is C17H29IN4O2S2. The van der Waals surface area contributed by atoms with Crippen LogP contribution in [-0.4, -0.2) is 56.5 Å². The monoisotopic (exact) mass is 512 g/mol. The second-order valence-electron chi connectivity index (χ2n) is 6.55. The molecule has 1 aromatic carbocycles. The fourth-order valence-electron chi connectivity index (χ4n) is 2.72. The van der Waals surface area contributed by atoms with Crippen LogP contribution in [0.5, 0.6) is 0 Å². The molecule has 1 aliphatic rings. The van der Waals surface area contributed by atoms with E-state index in [4.69, 9.17) is 4.99 Å². The van der Waals surface area contributed by atoms with E-state index >= 15 is 0 Å². The molecule has 1 fully saturated rings. The maximum absolute atomic E-state index is 11.9. The van der Waals surface area contributed by atoms with Crippen LogP contribution in [0.25, 0.3) is 0 Å². The second kappa shape index (κ2) is 10.1. The summed E-state index contributed by atoms with van der Waals surface area (Å²) in [4.78, 5) is 7.28. The van der Waals surface area contributed by atoms with E-state index in [0.29, 0.717) is 6.54 Å². The van der Waals surface area contributed by atoms with Crippen molar-refractivity contribution >= 4 is 51.7 Å². The van der Waals surface area contributed by atoms with Gasteiger partial charge in [-0.3, -0.25) is 0 Å². The molecule has 0 saturated carbocycles. The molecule has 148 valence electrons. The van der Waals surface area contributed by atoms with Crippen molar-refractivity contribution in [2.45, 2.75) is 37.0 Å². The fourth-order valence-corrected chi connectivity index (χ4v) is 4.63. The number of rotatable bonds is 5. The lowest BCUT2D eigenvalue weighted by atomic mass is 10.2. The van der Waals surface area contributed by atoms with Gasteiger partial charge in [0.15, 0.2) is 5.96 Å². The molecular weight excluding hydrogens is 483 g/mol. The molecule has 1 heterocycles. The van der Waals surface area contributed by atoms with Crippen LogP contribution in [-0.2, 0) is 16.6 Å². The van der Waals surface area contributed by atoms with Gasteiger partial charge in [-0.05, 0) is 45.5 Å². The lowest BCUT2D eigenvalue weighted by Crippen LogP contribution is -2.50. The predicted molar refractivity (Wildman–Crippen MR) is 121 cm³/mol. The maximum atomic E-state index is 11.9. The smallest absolute Gasteiger partial charge is 0.240 e. The first-order valence-corrected chi connectivity index (χ1v) is 10.9. The summed E-state index contributed by atoms with van der Waals surface area (Å²) >= 11 is 1.98. The molecule has 0 aliphatic carbocycles. The van der Waals surface area contributed by atoms with Gasteiger partial charge in [0.1, 0.15) is 0 Å². The molecule has 1 aliphatic heterocycles. The van der Waals surface area contributed by atoms with Crippen LogP contribution < -0.4 is 10.0 Å². The predicted octanol–water partition coefficient (Wildman–Crippen LogP) is 2.51. The van der Waals surface area contributed by atoms with Gasteiger partial charge in [-0.1, -0.05) is 12.1 Å². The van der Waals surface area contributed by atoms with Gasteiger partial charge in [0.05, 0.1) is 11.4 Å². The van der Waals surface area contributed by atoms with Crippen LogP contribution in [0, 0.1) is 0 Å². The summed E-state index contributed by atoms with van der Waals surface area (Å²) in [7, 11) is -2.02. The first kappa shape index (κ1) is 23.5. The number of benzene rings is 1. The van der Waals surface area contributed by atoms with Crippen molar-refractivity contribution in [2.24, 2.45) is 4.99 Å². The minimum atomic E-state index is -3.43. The molecule has 1 aromatic rings. The van der Waals surface area contributed by atoms with E-state index in [1.54, 1.807) is 18.2 Å². The standard InChI is InChI=1S/C17H28N4O2S2.HI/c1-5-19-16(21-9-10-24-17(2,3)13-21)20-12-14-7-6-8-15(11-14)25(22,23)18-4;/h6-8,11,18H,5,9-10,12-13H2,1-4H3,(H,19,20);1H. The highest BCUT2D eigenvalue weighted by Gasteiger charge is 2.28. The summed E-state index contributed by atoms with van der Waals surface area (Å²) in [6, 6.07) is 6.92. The molecule has 0 aromatic heterocycles. The highest BCUT2D eigenvalue weighted by atomic mass is 127. The number of nitrogens with zero attached hydrogens (tertiary/aromatic N) is 2. The van der Waals surface area contributed by atoms with Crippen LogP contribution in [0.4, 0.5) is 0 Å². The molecule has 6 nitrogen and oxygen atoms in total. The average Bonchev–Trinajstić information content (AvgIpc) is 2.58. The summed E-state index contributed by atoms with van der Waals surface area (Å²) in [6.45, 7) is 9.71. The summed E-state index contributed by atoms with van der Waals surface area (Å²) in [5.74, 6) is 1.96. The number of sulfonamides is 1. The van der Waals surface area contributed by atoms with Gasteiger partial charge in [-0.25, -0.2) is 18.1 Å². The topological polar surface area (TPSA) is 73.8 Å². The fraction of sp³-hybridized carbons (Fsp3) is 0.588.